The number of hydrogen-bond acceptors (Lipinski definition) is 5. The van der Waals surface area contributed by atoms with Crippen molar-refractivity contribution in [3.63, 3.8) is 0 Å². The number of rotatable bonds is 7. The highest BCUT2D eigenvalue weighted by atomic mass is 35.5. The van der Waals surface area contributed by atoms with Crippen LogP contribution >= 0.6 is 11.6 Å². The second-order valence-electron chi connectivity index (χ2n) is 6.05. The van der Waals surface area contributed by atoms with Crippen LogP contribution < -0.4 is 5.32 Å². The van der Waals surface area contributed by atoms with Gasteiger partial charge in [0.05, 0.1) is 17.1 Å². The Morgan fingerprint density at radius 2 is 1.74 bits per heavy atom. The van der Waals surface area contributed by atoms with E-state index in [0.717, 1.165) is 11.1 Å². The molecule has 27 heavy (non-hydrogen) atoms. The van der Waals surface area contributed by atoms with Crippen molar-refractivity contribution in [2.24, 2.45) is 0 Å². The fourth-order valence-electron chi connectivity index (χ4n) is 2.34. The molecule has 0 aliphatic heterocycles. The lowest BCUT2D eigenvalue weighted by Gasteiger charge is -2.10. The van der Waals surface area contributed by atoms with Gasteiger partial charge >= 0.3 is 5.97 Å². The molecular formula is C19H20ClNO5S. The van der Waals surface area contributed by atoms with Gasteiger partial charge in [0.1, 0.15) is 0 Å². The minimum atomic E-state index is -3.63. The van der Waals surface area contributed by atoms with Gasteiger partial charge in [-0.05, 0) is 49.7 Å². The van der Waals surface area contributed by atoms with Crippen LogP contribution in [0.5, 0.6) is 0 Å². The maximum absolute atomic E-state index is 12.2. The van der Waals surface area contributed by atoms with Crippen LogP contribution in [0.25, 0.3) is 0 Å². The highest BCUT2D eigenvalue weighted by Gasteiger charge is 2.18. The van der Waals surface area contributed by atoms with E-state index in [1.54, 1.807) is 6.07 Å². The van der Waals surface area contributed by atoms with Crippen molar-refractivity contribution in [1.29, 1.82) is 0 Å². The number of sulfone groups is 1. The molecule has 0 radical (unpaired) electrons. The van der Waals surface area contributed by atoms with E-state index in [4.69, 9.17) is 16.3 Å². The standard InChI is InChI=1S/C19H20ClNO5S/c1-13-3-8-17(14(2)11-13)21-18(22)12-26-19(23)9-10-27(24,25)16-6-4-15(20)5-7-16/h3-8,11H,9-10,12H2,1-2H3,(H,21,22). The quantitative estimate of drug-likeness (QED) is 0.708. The summed E-state index contributed by atoms with van der Waals surface area (Å²) in [5.74, 6) is -1.66. The number of benzene rings is 2. The van der Waals surface area contributed by atoms with Gasteiger partial charge in [0.25, 0.3) is 5.91 Å². The average molecular weight is 410 g/mol. The van der Waals surface area contributed by atoms with Gasteiger partial charge in [-0.15, -0.1) is 0 Å². The van der Waals surface area contributed by atoms with Crippen LogP contribution in [-0.2, 0) is 24.2 Å². The molecule has 0 spiro atoms. The van der Waals surface area contributed by atoms with Gasteiger partial charge in [-0.1, -0.05) is 29.3 Å². The number of halogens is 1. The van der Waals surface area contributed by atoms with Gasteiger partial charge in [-0.2, -0.15) is 0 Å². The Bertz CT molecular complexity index is 939. The van der Waals surface area contributed by atoms with Gasteiger partial charge in [0.15, 0.2) is 16.4 Å². The molecule has 0 unspecified atom stereocenters. The normalized spacial score (nSPS) is 11.1. The van der Waals surface area contributed by atoms with Crippen molar-refractivity contribution >= 4 is 39.0 Å². The second-order valence-corrected chi connectivity index (χ2v) is 8.60. The van der Waals surface area contributed by atoms with Crippen LogP contribution in [0.15, 0.2) is 47.4 Å². The highest BCUT2D eigenvalue weighted by molar-refractivity contribution is 7.91. The van der Waals surface area contributed by atoms with Crippen molar-refractivity contribution in [3.05, 3.63) is 58.6 Å². The SMILES string of the molecule is Cc1ccc(NC(=O)COC(=O)CCS(=O)(=O)c2ccc(Cl)cc2)c(C)c1. The van der Waals surface area contributed by atoms with Crippen LogP contribution in [0.1, 0.15) is 17.5 Å². The number of amides is 1. The second kappa shape index (κ2) is 9.01. The lowest BCUT2D eigenvalue weighted by atomic mass is 10.1. The number of carbonyl (C=O) groups is 2. The Morgan fingerprint density at radius 3 is 2.37 bits per heavy atom. The van der Waals surface area contributed by atoms with Gasteiger partial charge in [-0.3, -0.25) is 9.59 Å². The van der Waals surface area contributed by atoms with E-state index >= 15 is 0 Å². The van der Waals surface area contributed by atoms with Crippen LogP contribution in [0.2, 0.25) is 5.02 Å². The summed E-state index contributed by atoms with van der Waals surface area (Å²) in [7, 11) is -3.63. The third kappa shape index (κ3) is 6.37. The first-order valence-corrected chi connectivity index (χ1v) is 10.2. The van der Waals surface area contributed by atoms with Crippen molar-refractivity contribution in [1.82, 2.24) is 0 Å². The maximum Gasteiger partial charge on any atom is 0.307 e. The van der Waals surface area contributed by atoms with Gasteiger partial charge in [0.2, 0.25) is 0 Å². The zero-order valence-electron chi connectivity index (χ0n) is 15.0. The molecule has 0 aliphatic rings. The minimum Gasteiger partial charge on any atom is -0.456 e. The Hall–Kier alpha value is -2.38. The minimum absolute atomic E-state index is 0.0762. The Kier molecular flexibility index (Phi) is 6.98. The monoisotopic (exact) mass is 409 g/mol. The number of hydrogen-bond donors (Lipinski definition) is 1. The molecule has 0 atom stereocenters. The molecule has 6 nitrogen and oxygen atoms in total. The molecule has 0 saturated carbocycles. The zero-order valence-corrected chi connectivity index (χ0v) is 16.6. The zero-order chi connectivity index (χ0) is 20.0. The van der Waals surface area contributed by atoms with Crippen molar-refractivity contribution < 1.29 is 22.7 Å². The molecule has 0 aliphatic carbocycles. The lowest BCUT2D eigenvalue weighted by Crippen LogP contribution is -2.22. The van der Waals surface area contributed by atoms with E-state index in [0.29, 0.717) is 10.7 Å². The summed E-state index contributed by atoms with van der Waals surface area (Å²) < 4.78 is 29.2. The molecule has 8 heteroatoms. The molecule has 0 fully saturated rings. The molecule has 0 aromatic heterocycles. The summed E-state index contributed by atoms with van der Waals surface area (Å²) in [6.45, 7) is 3.32. The number of esters is 1. The van der Waals surface area contributed by atoms with Gasteiger partial charge in [0, 0.05) is 10.7 Å². The molecular weight excluding hydrogens is 390 g/mol. The topological polar surface area (TPSA) is 89.5 Å². The van der Waals surface area contributed by atoms with Crippen molar-refractivity contribution in [2.45, 2.75) is 25.2 Å². The van der Waals surface area contributed by atoms with Gasteiger partial charge in [-0.25, -0.2) is 8.42 Å². The summed E-state index contributed by atoms with van der Waals surface area (Å²) in [4.78, 5) is 23.7. The Balaban J connectivity index is 1.81. The summed E-state index contributed by atoms with van der Waals surface area (Å²) in [6, 6.07) is 11.2. The lowest BCUT2D eigenvalue weighted by molar-refractivity contribution is -0.146. The predicted molar refractivity (Wildman–Crippen MR) is 104 cm³/mol. The summed E-state index contributed by atoms with van der Waals surface area (Å²) in [5.41, 5.74) is 2.59. The molecule has 0 heterocycles. The number of nitrogens with one attached hydrogen (secondary N) is 1. The maximum atomic E-state index is 12.2. The molecule has 1 N–H and O–H groups in total. The summed E-state index contributed by atoms with van der Waals surface area (Å²) >= 11 is 5.73. The number of carbonyl (C=O) groups excluding carboxylic acids is 2. The smallest absolute Gasteiger partial charge is 0.307 e. The molecule has 144 valence electrons. The first-order valence-electron chi connectivity index (χ1n) is 8.18. The first-order chi connectivity index (χ1) is 12.7. The molecule has 2 rings (SSSR count). The molecule has 2 aromatic rings. The van der Waals surface area contributed by atoms with E-state index < -0.39 is 34.1 Å². The Morgan fingerprint density at radius 1 is 1.07 bits per heavy atom. The van der Waals surface area contributed by atoms with E-state index in [1.807, 2.05) is 26.0 Å². The van der Waals surface area contributed by atoms with Gasteiger partial charge < -0.3 is 10.1 Å². The largest absolute Gasteiger partial charge is 0.456 e. The third-order valence-corrected chi connectivity index (χ3v) is 5.75. The first kappa shape index (κ1) is 20.9. The number of ether oxygens (including phenoxy) is 1. The number of anilines is 1. The van der Waals surface area contributed by atoms with E-state index in [2.05, 4.69) is 5.32 Å². The molecule has 0 bridgehead atoms. The van der Waals surface area contributed by atoms with Crippen LogP contribution in [0.4, 0.5) is 5.69 Å². The van der Waals surface area contributed by atoms with Crippen LogP contribution in [-0.4, -0.2) is 32.7 Å². The third-order valence-electron chi connectivity index (χ3n) is 3.77. The van der Waals surface area contributed by atoms with Crippen molar-refractivity contribution in [2.75, 3.05) is 17.7 Å². The molecule has 2 aromatic carbocycles. The number of aryl methyl sites for hydroxylation is 2. The molecule has 1 amide bonds. The summed E-state index contributed by atoms with van der Waals surface area (Å²) in [5, 5.41) is 3.07. The van der Waals surface area contributed by atoms with Crippen molar-refractivity contribution in [3.8, 4) is 0 Å². The van der Waals surface area contributed by atoms with E-state index in [-0.39, 0.29) is 11.3 Å². The molecule has 0 saturated heterocycles. The van der Waals surface area contributed by atoms with Crippen LogP contribution in [0, 0.1) is 13.8 Å². The average Bonchev–Trinajstić information content (AvgIpc) is 2.61. The summed E-state index contributed by atoms with van der Waals surface area (Å²) in [6.07, 6.45) is -0.345. The highest BCUT2D eigenvalue weighted by Crippen LogP contribution is 2.17. The van der Waals surface area contributed by atoms with E-state index in [1.165, 1.54) is 24.3 Å². The Labute approximate surface area is 163 Å². The van der Waals surface area contributed by atoms with E-state index in [9.17, 15) is 18.0 Å². The fraction of sp³-hybridized carbons (Fsp3) is 0.263. The fourth-order valence-corrected chi connectivity index (χ4v) is 3.68. The predicted octanol–water partition coefficient (Wildman–Crippen LogP) is 3.30. The van der Waals surface area contributed by atoms with Crippen LogP contribution in [0.3, 0.4) is 0 Å².